The molecule has 72 valence electrons. The van der Waals surface area contributed by atoms with Gasteiger partial charge in [0.15, 0.2) is 0 Å². The van der Waals surface area contributed by atoms with Gasteiger partial charge >= 0.3 is 6.18 Å². The molecule has 0 aliphatic rings. The maximum atomic E-state index is 11.5. The van der Waals surface area contributed by atoms with Crippen LogP contribution in [0.15, 0.2) is 12.7 Å². The van der Waals surface area contributed by atoms with E-state index in [2.05, 4.69) is 11.9 Å². The first-order valence-corrected chi connectivity index (χ1v) is 3.52. The summed E-state index contributed by atoms with van der Waals surface area (Å²) in [5.41, 5.74) is 0. The Labute approximate surface area is 69.4 Å². The molecule has 0 unspecified atom stereocenters. The van der Waals surface area contributed by atoms with Crippen molar-refractivity contribution in [3.8, 4) is 0 Å². The molecule has 0 radical (unpaired) electrons. The average Bonchev–Trinajstić information content (AvgIpc) is 1.94. The van der Waals surface area contributed by atoms with E-state index in [1.165, 1.54) is 0 Å². The lowest BCUT2D eigenvalue weighted by atomic mass is 10.6. The van der Waals surface area contributed by atoms with Crippen LogP contribution in [0.3, 0.4) is 0 Å². The molecule has 5 heteroatoms. The minimum atomic E-state index is -4.14. The van der Waals surface area contributed by atoms with E-state index in [-0.39, 0.29) is 13.2 Å². The van der Waals surface area contributed by atoms with E-state index in [0.717, 1.165) is 0 Å². The molecule has 1 N–H and O–H groups in total. The Morgan fingerprint density at radius 2 is 2.08 bits per heavy atom. The van der Waals surface area contributed by atoms with Gasteiger partial charge in [-0.3, -0.25) is 0 Å². The fraction of sp³-hybridized carbons (Fsp3) is 0.714. The molecule has 0 bridgehead atoms. The van der Waals surface area contributed by atoms with Gasteiger partial charge in [0.1, 0.15) is 0 Å². The van der Waals surface area contributed by atoms with Gasteiger partial charge in [-0.15, -0.1) is 6.58 Å². The molecule has 0 aliphatic heterocycles. The van der Waals surface area contributed by atoms with E-state index >= 15 is 0 Å². The first-order chi connectivity index (χ1) is 5.56. The maximum absolute atomic E-state index is 11.5. The van der Waals surface area contributed by atoms with Gasteiger partial charge in [-0.25, -0.2) is 0 Å². The molecule has 12 heavy (non-hydrogen) atoms. The largest absolute Gasteiger partial charge is 0.401 e. The van der Waals surface area contributed by atoms with Gasteiger partial charge in [0.2, 0.25) is 0 Å². The van der Waals surface area contributed by atoms with Crippen LogP contribution in [-0.4, -0.2) is 32.5 Å². The van der Waals surface area contributed by atoms with Crippen molar-refractivity contribution in [1.82, 2.24) is 5.32 Å². The van der Waals surface area contributed by atoms with E-state index in [1.54, 1.807) is 6.08 Å². The van der Waals surface area contributed by atoms with E-state index in [1.807, 2.05) is 0 Å². The molecule has 0 atom stereocenters. The number of alkyl halides is 3. The number of halogens is 3. The third-order valence-corrected chi connectivity index (χ3v) is 0.984. The Morgan fingerprint density at radius 3 is 2.58 bits per heavy atom. The van der Waals surface area contributed by atoms with Crippen molar-refractivity contribution in [2.45, 2.75) is 6.18 Å². The Hall–Kier alpha value is -0.550. The second-order valence-electron chi connectivity index (χ2n) is 2.16. The SMILES string of the molecule is C=CCOCCNCC(F)(F)F. The summed E-state index contributed by atoms with van der Waals surface area (Å²) >= 11 is 0. The Kier molecular flexibility index (Phi) is 5.74. The number of ether oxygens (including phenoxy) is 1. The molecular formula is C7H12F3NO. The van der Waals surface area contributed by atoms with Gasteiger partial charge in [-0.2, -0.15) is 13.2 Å². The maximum Gasteiger partial charge on any atom is 0.401 e. The normalized spacial score (nSPS) is 11.6. The Bertz CT molecular complexity index is 124. The number of rotatable bonds is 6. The summed E-state index contributed by atoms with van der Waals surface area (Å²) in [6.45, 7) is 3.26. The molecule has 2 nitrogen and oxygen atoms in total. The summed E-state index contributed by atoms with van der Waals surface area (Å²) < 4.78 is 39.4. The summed E-state index contributed by atoms with van der Waals surface area (Å²) in [7, 11) is 0. The zero-order chi connectivity index (χ0) is 9.45. The lowest BCUT2D eigenvalue weighted by Crippen LogP contribution is -2.31. The van der Waals surface area contributed by atoms with Gasteiger partial charge in [0.25, 0.3) is 0 Å². The summed E-state index contributed by atoms with van der Waals surface area (Å²) in [4.78, 5) is 0. The average molecular weight is 183 g/mol. The minimum absolute atomic E-state index is 0.202. The van der Waals surface area contributed by atoms with E-state index < -0.39 is 12.7 Å². The third-order valence-electron chi connectivity index (χ3n) is 0.984. The van der Waals surface area contributed by atoms with Crippen LogP contribution in [0.25, 0.3) is 0 Å². The van der Waals surface area contributed by atoms with Crippen LogP contribution in [0.4, 0.5) is 13.2 Å². The van der Waals surface area contributed by atoms with E-state index in [0.29, 0.717) is 6.61 Å². The third kappa shape index (κ3) is 9.45. The summed E-state index contributed by atoms with van der Waals surface area (Å²) in [5, 5.41) is 2.20. The van der Waals surface area contributed by atoms with Gasteiger partial charge < -0.3 is 10.1 Å². The van der Waals surface area contributed by atoms with Crippen molar-refractivity contribution in [2.75, 3.05) is 26.3 Å². The van der Waals surface area contributed by atoms with Crippen LogP contribution >= 0.6 is 0 Å². The highest BCUT2D eigenvalue weighted by molar-refractivity contribution is 4.64. The smallest absolute Gasteiger partial charge is 0.376 e. The quantitative estimate of drug-likeness (QED) is 0.495. The fourth-order valence-corrected chi connectivity index (χ4v) is 0.541. The first-order valence-electron chi connectivity index (χ1n) is 3.52. The van der Waals surface area contributed by atoms with E-state index in [4.69, 9.17) is 4.74 Å². The summed E-state index contributed by atoms with van der Waals surface area (Å²) in [6.07, 6.45) is -2.60. The van der Waals surface area contributed by atoms with Crippen molar-refractivity contribution in [1.29, 1.82) is 0 Å². The molecule has 0 aliphatic carbocycles. The lowest BCUT2D eigenvalue weighted by molar-refractivity contribution is -0.125. The Balaban J connectivity index is 3.06. The van der Waals surface area contributed by atoms with Crippen LogP contribution in [-0.2, 0) is 4.74 Å². The summed E-state index contributed by atoms with van der Waals surface area (Å²) in [5.74, 6) is 0. The monoisotopic (exact) mass is 183 g/mol. The zero-order valence-corrected chi connectivity index (χ0v) is 6.66. The predicted molar refractivity (Wildman–Crippen MR) is 39.9 cm³/mol. The number of hydrogen-bond donors (Lipinski definition) is 1. The van der Waals surface area contributed by atoms with Gasteiger partial charge in [0, 0.05) is 6.54 Å². The van der Waals surface area contributed by atoms with Crippen LogP contribution in [0.1, 0.15) is 0 Å². The van der Waals surface area contributed by atoms with Crippen LogP contribution in [0.2, 0.25) is 0 Å². The molecule has 0 heterocycles. The Morgan fingerprint density at radius 1 is 1.42 bits per heavy atom. The van der Waals surface area contributed by atoms with Crippen molar-refractivity contribution in [2.24, 2.45) is 0 Å². The first kappa shape index (κ1) is 11.4. The fourth-order valence-electron chi connectivity index (χ4n) is 0.541. The molecule has 0 saturated heterocycles. The van der Waals surface area contributed by atoms with Crippen molar-refractivity contribution < 1.29 is 17.9 Å². The van der Waals surface area contributed by atoms with Crippen molar-refractivity contribution in [3.63, 3.8) is 0 Å². The van der Waals surface area contributed by atoms with Gasteiger partial charge in [0.05, 0.1) is 19.8 Å². The lowest BCUT2D eigenvalue weighted by Gasteiger charge is -2.07. The highest BCUT2D eigenvalue weighted by Gasteiger charge is 2.25. The second kappa shape index (κ2) is 6.02. The van der Waals surface area contributed by atoms with Gasteiger partial charge in [-0.1, -0.05) is 6.08 Å². The molecule has 0 fully saturated rings. The number of nitrogens with one attached hydrogen (secondary N) is 1. The standard InChI is InChI=1S/C7H12F3NO/c1-2-4-12-5-3-11-6-7(8,9)10/h2,11H,1,3-6H2. The highest BCUT2D eigenvalue weighted by Crippen LogP contribution is 2.11. The molecule has 0 amide bonds. The van der Waals surface area contributed by atoms with Gasteiger partial charge in [-0.05, 0) is 0 Å². The molecular weight excluding hydrogens is 171 g/mol. The van der Waals surface area contributed by atoms with Crippen molar-refractivity contribution in [3.05, 3.63) is 12.7 Å². The highest BCUT2D eigenvalue weighted by atomic mass is 19.4. The molecule has 0 aromatic rings. The van der Waals surface area contributed by atoms with Crippen LogP contribution in [0, 0.1) is 0 Å². The predicted octanol–water partition coefficient (Wildman–Crippen LogP) is 1.34. The molecule has 0 aromatic carbocycles. The molecule has 0 spiro atoms. The summed E-state index contributed by atoms with van der Waals surface area (Å²) in [6, 6.07) is 0. The van der Waals surface area contributed by atoms with E-state index in [9.17, 15) is 13.2 Å². The topological polar surface area (TPSA) is 21.3 Å². The minimum Gasteiger partial charge on any atom is -0.376 e. The zero-order valence-electron chi connectivity index (χ0n) is 6.66. The molecule has 0 rings (SSSR count). The van der Waals surface area contributed by atoms with Crippen molar-refractivity contribution >= 4 is 0 Å². The van der Waals surface area contributed by atoms with Crippen LogP contribution in [0.5, 0.6) is 0 Å². The van der Waals surface area contributed by atoms with Crippen LogP contribution < -0.4 is 5.32 Å². The second-order valence-corrected chi connectivity index (χ2v) is 2.16. The molecule has 0 saturated carbocycles. The number of hydrogen-bond acceptors (Lipinski definition) is 2. The molecule has 0 aromatic heterocycles.